The Labute approximate surface area is 184 Å². The maximum absolute atomic E-state index is 4.74. The maximum atomic E-state index is 4.74. The van der Waals surface area contributed by atoms with Crippen LogP contribution in [0.25, 0.3) is 11.3 Å². The van der Waals surface area contributed by atoms with Crippen molar-refractivity contribution in [3.63, 3.8) is 0 Å². The molecule has 2 heteroatoms. The summed E-state index contributed by atoms with van der Waals surface area (Å²) in [7, 11) is 0. The first-order chi connectivity index (χ1) is 14.8. The van der Waals surface area contributed by atoms with E-state index in [1.54, 1.807) is 6.33 Å². The number of hydrogen-bond acceptors (Lipinski definition) is 2. The molecule has 2 aromatic rings. The Kier molecular flexibility index (Phi) is 9.86. The van der Waals surface area contributed by atoms with Gasteiger partial charge in [0.2, 0.25) is 0 Å². The molecule has 0 atom stereocenters. The van der Waals surface area contributed by atoms with Gasteiger partial charge in [-0.25, -0.2) is 9.97 Å². The Morgan fingerprint density at radius 2 is 1.47 bits per heavy atom. The molecule has 30 heavy (non-hydrogen) atoms. The van der Waals surface area contributed by atoms with Gasteiger partial charge in [-0.05, 0) is 48.6 Å². The lowest BCUT2D eigenvalue weighted by atomic mass is 9.77. The largest absolute Gasteiger partial charge is 0.244 e. The zero-order chi connectivity index (χ0) is 21.0. The van der Waals surface area contributed by atoms with Crippen LogP contribution in [0.15, 0.2) is 36.8 Å². The van der Waals surface area contributed by atoms with Crippen LogP contribution in [-0.2, 0) is 12.8 Å². The van der Waals surface area contributed by atoms with Crippen molar-refractivity contribution in [3.05, 3.63) is 47.9 Å². The molecule has 1 aliphatic carbocycles. The molecule has 0 unspecified atom stereocenters. The van der Waals surface area contributed by atoms with Gasteiger partial charge in [-0.1, -0.05) is 102 Å². The first-order valence-electron chi connectivity index (χ1n) is 12.7. The second-order valence-corrected chi connectivity index (χ2v) is 9.43. The summed E-state index contributed by atoms with van der Waals surface area (Å²) >= 11 is 0. The molecule has 0 spiro atoms. The average Bonchev–Trinajstić information content (AvgIpc) is 2.79. The van der Waals surface area contributed by atoms with E-state index < -0.39 is 0 Å². The van der Waals surface area contributed by atoms with Crippen molar-refractivity contribution < 1.29 is 0 Å². The summed E-state index contributed by atoms with van der Waals surface area (Å²) in [6, 6.07) is 8.88. The summed E-state index contributed by atoms with van der Waals surface area (Å²) in [5.41, 5.74) is 5.28. The molecular weight excluding hydrogens is 364 g/mol. The Bertz CT molecular complexity index is 731. The zero-order valence-corrected chi connectivity index (χ0v) is 19.4. The van der Waals surface area contributed by atoms with Crippen molar-refractivity contribution >= 4 is 0 Å². The SMILES string of the molecule is CCCCCc1ccccc1-c1ncncc1CCC1CCC(CCCCC)CC1. The van der Waals surface area contributed by atoms with Gasteiger partial charge in [0.1, 0.15) is 6.33 Å². The van der Waals surface area contributed by atoms with Crippen LogP contribution in [0.3, 0.4) is 0 Å². The molecule has 2 nitrogen and oxygen atoms in total. The van der Waals surface area contributed by atoms with Crippen LogP contribution in [0.5, 0.6) is 0 Å². The van der Waals surface area contributed by atoms with E-state index in [9.17, 15) is 0 Å². The highest BCUT2D eigenvalue weighted by atomic mass is 14.8. The number of benzene rings is 1. The average molecular weight is 407 g/mol. The van der Waals surface area contributed by atoms with E-state index in [4.69, 9.17) is 4.98 Å². The zero-order valence-electron chi connectivity index (χ0n) is 19.4. The first kappa shape index (κ1) is 23.0. The molecule has 3 rings (SSSR count). The molecule has 0 radical (unpaired) electrons. The Hall–Kier alpha value is -1.70. The molecule has 1 fully saturated rings. The van der Waals surface area contributed by atoms with Crippen molar-refractivity contribution in [2.75, 3.05) is 0 Å². The van der Waals surface area contributed by atoms with E-state index in [1.165, 1.54) is 99.4 Å². The molecule has 1 saturated carbocycles. The van der Waals surface area contributed by atoms with Gasteiger partial charge in [-0.3, -0.25) is 0 Å². The number of nitrogens with zero attached hydrogens (tertiary/aromatic N) is 2. The molecule has 1 aliphatic rings. The van der Waals surface area contributed by atoms with Crippen molar-refractivity contribution in [2.45, 2.75) is 104 Å². The maximum Gasteiger partial charge on any atom is 0.116 e. The summed E-state index contributed by atoms with van der Waals surface area (Å²) in [6.07, 6.45) is 22.6. The van der Waals surface area contributed by atoms with Crippen molar-refractivity contribution in [1.82, 2.24) is 9.97 Å². The van der Waals surface area contributed by atoms with Crippen LogP contribution in [0, 0.1) is 11.8 Å². The van der Waals surface area contributed by atoms with Crippen molar-refractivity contribution in [1.29, 1.82) is 0 Å². The Balaban J connectivity index is 1.58. The van der Waals surface area contributed by atoms with E-state index in [2.05, 4.69) is 49.3 Å². The second kappa shape index (κ2) is 12.9. The summed E-state index contributed by atoms with van der Waals surface area (Å²) in [5.74, 6) is 1.89. The van der Waals surface area contributed by atoms with E-state index in [0.717, 1.165) is 24.7 Å². The summed E-state index contributed by atoms with van der Waals surface area (Å²) in [5, 5.41) is 0. The number of aromatic nitrogens is 2. The fourth-order valence-electron chi connectivity index (χ4n) is 5.17. The third kappa shape index (κ3) is 6.93. The van der Waals surface area contributed by atoms with Crippen molar-refractivity contribution in [3.8, 4) is 11.3 Å². The lowest BCUT2D eigenvalue weighted by molar-refractivity contribution is 0.249. The lowest BCUT2D eigenvalue weighted by Gasteiger charge is -2.28. The molecule has 0 N–H and O–H groups in total. The lowest BCUT2D eigenvalue weighted by Crippen LogP contribution is -2.15. The second-order valence-electron chi connectivity index (χ2n) is 9.43. The standard InChI is InChI=1S/C28H42N2/c1-3-5-7-11-23-15-17-24(18-16-23)19-20-26-21-29-22-30-28(26)27-14-10-9-13-25(27)12-8-6-4-2/h9-10,13-14,21-24H,3-8,11-12,15-20H2,1-2H3. The normalized spacial score (nSPS) is 19.1. The van der Waals surface area contributed by atoms with Gasteiger partial charge in [-0.15, -0.1) is 0 Å². The van der Waals surface area contributed by atoms with Crippen LogP contribution < -0.4 is 0 Å². The monoisotopic (exact) mass is 406 g/mol. The molecular formula is C28H42N2. The Morgan fingerprint density at radius 3 is 2.23 bits per heavy atom. The fraction of sp³-hybridized carbons (Fsp3) is 0.643. The van der Waals surface area contributed by atoms with Crippen LogP contribution in [0.1, 0.15) is 102 Å². The third-order valence-electron chi connectivity index (χ3n) is 7.11. The van der Waals surface area contributed by atoms with E-state index in [1.807, 2.05) is 0 Å². The number of rotatable bonds is 12. The van der Waals surface area contributed by atoms with Gasteiger partial charge >= 0.3 is 0 Å². The van der Waals surface area contributed by atoms with E-state index in [-0.39, 0.29) is 0 Å². The molecule has 0 aliphatic heterocycles. The number of hydrogen-bond donors (Lipinski definition) is 0. The van der Waals surface area contributed by atoms with Gasteiger partial charge in [0, 0.05) is 11.8 Å². The van der Waals surface area contributed by atoms with Gasteiger partial charge in [0.25, 0.3) is 0 Å². The minimum atomic E-state index is 0.889. The molecule has 0 bridgehead atoms. The van der Waals surface area contributed by atoms with Crippen LogP contribution in [0.4, 0.5) is 0 Å². The smallest absolute Gasteiger partial charge is 0.116 e. The minimum absolute atomic E-state index is 0.889. The van der Waals surface area contributed by atoms with Gasteiger partial charge in [-0.2, -0.15) is 0 Å². The quantitative estimate of drug-likeness (QED) is 0.332. The highest BCUT2D eigenvalue weighted by molar-refractivity contribution is 5.66. The molecule has 0 saturated heterocycles. The Morgan fingerprint density at radius 1 is 0.767 bits per heavy atom. The van der Waals surface area contributed by atoms with E-state index in [0.29, 0.717) is 0 Å². The minimum Gasteiger partial charge on any atom is -0.244 e. The summed E-state index contributed by atoms with van der Waals surface area (Å²) in [4.78, 5) is 9.13. The van der Waals surface area contributed by atoms with Crippen LogP contribution in [0.2, 0.25) is 0 Å². The molecule has 1 aromatic heterocycles. The van der Waals surface area contributed by atoms with Gasteiger partial charge in [0.05, 0.1) is 5.69 Å². The van der Waals surface area contributed by atoms with E-state index >= 15 is 0 Å². The molecule has 1 aromatic carbocycles. The van der Waals surface area contributed by atoms with Gasteiger partial charge < -0.3 is 0 Å². The third-order valence-corrected chi connectivity index (χ3v) is 7.11. The molecule has 164 valence electrons. The summed E-state index contributed by atoms with van der Waals surface area (Å²) in [6.45, 7) is 4.58. The highest BCUT2D eigenvalue weighted by Crippen LogP contribution is 2.35. The predicted molar refractivity (Wildman–Crippen MR) is 129 cm³/mol. The molecule has 0 amide bonds. The van der Waals surface area contributed by atoms with Crippen molar-refractivity contribution in [2.24, 2.45) is 11.8 Å². The number of unbranched alkanes of at least 4 members (excludes halogenated alkanes) is 4. The molecule has 1 heterocycles. The fourth-order valence-corrected chi connectivity index (χ4v) is 5.17. The van der Waals surface area contributed by atoms with Gasteiger partial charge in [0.15, 0.2) is 0 Å². The summed E-state index contributed by atoms with van der Waals surface area (Å²) < 4.78 is 0. The first-order valence-corrected chi connectivity index (χ1v) is 12.7. The van der Waals surface area contributed by atoms with Crippen LogP contribution in [-0.4, -0.2) is 9.97 Å². The highest BCUT2D eigenvalue weighted by Gasteiger charge is 2.21. The number of aryl methyl sites for hydroxylation is 2. The van der Waals surface area contributed by atoms with Crippen LogP contribution >= 0.6 is 0 Å². The topological polar surface area (TPSA) is 25.8 Å². The predicted octanol–water partition coefficient (Wildman–Crippen LogP) is 8.20.